The molecule has 0 bridgehead atoms. The highest BCUT2D eigenvalue weighted by atomic mass is 35.5. The van der Waals surface area contributed by atoms with E-state index in [1.165, 1.54) is 12.8 Å². The Morgan fingerprint density at radius 3 is 2.68 bits per heavy atom. The molecule has 0 atom stereocenters. The fourth-order valence-electron chi connectivity index (χ4n) is 2.49. The summed E-state index contributed by atoms with van der Waals surface area (Å²) in [6, 6.07) is 10.2. The smallest absolute Gasteiger partial charge is 0.154 e. The fraction of sp³-hybridized carbons (Fsp3) is 0.312. The maximum Gasteiger partial charge on any atom is 0.154 e. The number of benzene rings is 1. The summed E-state index contributed by atoms with van der Waals surface area (Å²) in [4.78, 5) is 4.75. The van der Waals surface area contributed by atoms with Gasteiger partial charge in [-0.1, -0.05) is 29.8 Å². The van der Waals surface area contributed by atoms with Gasteiger partial charge < -0.3 is 0 Å². The van der Waals surface area contributed by atoms with Crippen molar-refractivity contribution in [3.63, 3.8) is 0 Å². The molecule has 1 aliphatic rings. The molecule has 2 heterocycles. The summed E-state index contributed by atoms with van der Waals surface area (Å²) in [5.41, 5.74) is 1.05. The standard InChI is InChI=1S/C16H16ClN5/c17-13-10-18-21(11-13)9-8-15-19-16(12-6-7-12)20-22(15)14-4-2-1-3-5-14/h1-5,10-12H,6-9H2. The van der Waals surface area contributed by atoms with Gasteiger partial charge in [-0.2, -0.15) is 10.2 Å². The van der Waals surface area contributed by atoms with Gasteiger partial charge in [0.25, 0.3) is 0 Å². The van der Waals surface area contributed by atoms with Crippen LogP contribution in [0.5, 0.6) is 0 Å². The van der Waals surface area contributed by atoms with Crippen LogP contribution in [0, 0.1) is 0 Å². The topological polar surface area (TPSA) is 48.5 Å². The SMILES string of the molecule is Clc1cnn(CCc2nc(C3CC3)nn2-c2ccccc2)c1. The monoisotopic (exact) mass is 313 g/mol. The van der Waals surface area contributed by atoms with E-state index < -0.39 is 0 Å². The Morgan fingerprint density at radius 1 is 1.18 bits per heavy atom. The fourth-order valence-corrected chi connectivity index (χ4v) is 2.65. The number of aromatic nitrogens is 5. The molecule has 112 valence electrons. The average Bonchev–Trinajstić information content (AvgIpc) is 3.17. The van der Waals surface area contributed by atoms with E-state index >= 15 is 0 Å². The number of hydrogen-bond acceptors (Lipinski definition) is 3. The maximum absolute atomic E-state index is 5.91. The average molecular weight is 314 g/mol. The van der Waals surface area contributed by atoms with E-state index in [9.17, 15) is 0 Å². The molecule has 0 radical (unpaired) electrons. The molecule has 6 heteroatoms. The van der Waals surface area contributed by atoms with E-state index in [0.29, 0.717) is 10.9 Å². The lowest BCUT2D eigenvalue weighted by atomic mass is 10.3. The molecular formula is C16H16ClN5. The van der Waals surface area contributed by atoms with E-state index in [4.69, 9.17) is 21.7 Å². The minimum atomic E-state index is 0.544. The lowest BCUT2D eigenvalue weighted by Crippen LogP contribution is -2.08. The molecule has 1 aliphatic carbocycles. The lowest BCUT2D eigenvalue weighted by Gasteiger charge is -2.05. The van der Waals surface area contributed by atoms with Gasteiger partial charge in [0.2, 0.25) is 0 Å². The molecular weight excluding hydrogens is 298 g/mol. The zero-order valence-electron chi connectivity index (χ0n) is 12.1. The number of aryl methyl sites for hydroxylation is 2. The first kappa shape index (κ1) is 13.5. The molecule has 4 rings (SSSR count). The molecule has 3 aromatic rings. The summed E-state index contributed by atoms with van der Waals surface area (Å²) >= 11 is 5.91. The van der Waals surface area contributed by atoms with Crippen LogP contribution in [0.25, 0.3) is 5.69 Å². The zero-order chi connectivity index (χ0) is 14.9. The second kappa shape index (κ2) is 5.57. The summed E-state index contributed by atoms with van der Waals surface area (Å²) in [7, 11) is 0. The molecule has 0 saturated heterocycles. The highest BCUT2D eigenvalue weighted by Crippen LogP contribution is 2.38. The lowest BCUT2D eigenvalue weighted by molar-refractivity contribution is 0.591. The second-order valence-corrected chi connectivity index (χ2v) is 6.02. The summed E-state index contributed by atoms with van der Waals surface area (Å²) < 4.78 is 3.79. The molecule has 1 saturated carbocycles. The zero-order valence-corrected chi connectivity index (χ0v) is 12.8. The number of nitrogens with zero attached hydrogens (tertiary/aromatic N) is 5. The van der Waals surface area contributed by atoms with Crippen LogP contribution >= 0.6 is 11.6 Å². The van der Waals surface area contributed by atoms with Gasteiger partial charge in [0.1, 0.15) is 5.82 Å². The summed E-state index contributed by atoms with van der Waals surface area (Å²) in [6.07, 6.45) is 6.65. The Bertz CT molecular complexity index is 773. The first-order valence-electron chi connectivity index (χ1n) is 7.49. The molecule has 0 aliphatic heterocycles. The first-order valence-corrected chi connectivity index (χ1v) is 7.86. The molecule has 0 amide bonds. The summed E-state index contributed by atoms with van der Waals surface area (Å²) in [5.74, 6) is 2.49. The summed E-state index contributed by atoms with van der Waals surface area (Å²) in [6.45, 7) is 0.738. The third kappa shape index (κ3) is 2.76. The predicted octanol–water partition coefficient (Wildman–Crippen LogP) is 3.24. The predicted molar refractivity (Wildman–Crippen MR) is 84.3 cm³/mol. The van der Waals surface area contributed by atoms with Crippen molar-refractivity contribution in [1.29, 1.82) is 0 Å². The number of para-hydroxylation sites is 1. The van der Waals surface area contributed by atoms with Gasteiger partial charge in [-0.15, -0.1) is 0 Å². The van der Waals surface area contributed by atoms with E-state index in [1.54, 1.807) is 6.20 Å². The summed E-state index contributed by atoms with van der Waals surface area (Å²) in [5, 5.41) is 9.58. The van der Waals surface area contributed by atoms with Crippen molar-refractivity contribution in [1.82, 2.24) is 24.5 Å². The molecule has 1 fully saturated rings. The molecule has 22 heavy (non-hydrogen) atoms. The maximum atomic E-state index is 5.91. The Balaban J connectivity index is 1.62. The van der Waals surface area contributed by atoms with Gasteiger partial charge in [-0.25, -0.2) is 9.67 Å². The van der Waals surface area contributed by atoms with Crippen molar-refractivity contribution >= 4 is 11.6 Å². The molecule has 2 aromatic heterocycles. The van der Waals surface area contributed by atoms with Gasteiger partial charge >= 0.3 is 0 Å². The Labute approximate surface area is 133 Å². The van der Waals surface area contributed by atoms with E-state index in [0.717, 1.165) is 30.3 Å². The number of rotatable bonds is 5. The minimum Gasteiger partial charge on any atom is -0.271 e. The number of hydrogen-bond donors (Lipinski definition) is 0. The van der Waals surface area contributed by atoms with Crippen molar-refractivity contribution in [2.45, 2.75) is 31.7 Å². The van der Waals surface area contributed by atoms with Gasteiger partial charge in [-0.3, -0.25) is 4.68 Å². The van der Waals surface area contributed by atoms with Crippen LogP contribution < -0.4 is 0 Å². The van der Waals surface area contributed by atoms with Crippen molar-refractivity contribution < 1.29 is 0 Å². The molecule has 0 unspecified atom stereocenters. The van der Waals surface area contributed by atoms with Gasteiger partial charge in [0, 0.05) is 25.1 Å². The quantitative estimate of drug-likeness (QED) is 0.726. The Morgan fingerprint density at radius 2 is 2.00 bits per heavy atom. The van der Waals surface area contributed by atoms with Crippen molar-refractivity contribution in [3.8, 4) is 5.69 Å². The number of halogens is 1. The highest BCUT2D eigenvalue weighted by Gasteiger charge is 2.29. The third-order valence-electron chi connectivity index (χ3n) is 3.80. The van der Waals surface area contributed by atoms with Crippen molar-refractivity contribution in [2.24, 2.45) is 0 Å². The van der Waals surface area contributed by atoms with Crippen LogP contribution in [-0.4, -0.2) is 24.5 Å². The van der Waals surface area contributed by atoms with E-state index in [-0.39, 0.29) is 0 Å². The molecule has 0 N–H and O–H groups in total. The van der Waals surface area contributed by atoms with Gasteiger partial charge in [-0.05, 0) is 25.0 Å². The van der Waals surface area contributed by atoms with Crippen LogP contribution in [0.2, 0.25) is 5.02 Å². The van der Waals surface area contributed by atoms with E-state index in [1.807, 2.05) is 33.8 Å². The minimum absolute atomic E-state index is 0.544. The van der Waals surface area contributed by atoms with Crippen molar-refractivity contribution in [2.75, 3.05) is 0 Å². The molecule has 5 nitrogen and oxygen atoms in total. The first-order chi connectivity index (χ1) is 10.8. The third-order valence-corrected chi connectivity index (χ3v) is 4.00. The molecule has 1 aromatic carbocycles. The Kier molecular flexibility index (Phi) is 3.42. The molecule has 0 spiro atoms. The van der Waals surface area contributed by atoms with Crippen LogP contribution in [0.4, 0.5) is 0 Å². The normalized spacial score (nSPS) is 14.4. The van der Waals surface area contributed by atoms with E-state index in [2.05, 4.69) is 17.2 Å². The second-order valence-electron chi connectivity index (χ2n) is 5.58. The van der Waals surface area contributed by atoms with Gasteiger partial charge in [0.05, 0.1) is 16.9 Å². The van der Waals surface area contributed by atoms with Crippen molar-refractivity contribution in [3.05, 3.63) is 59.4 Å². The largest absolute Gasteiger partial charge is 0.271 e. The van der Waals surface area contributed by atoms with Crippen LogP contribution in [0.3, 0.4) is 0 Å². The van der Waals surface area contributed by atoms with Crippen LogP contribution in [-0.2, 0) is 13.0 Å². The highest BCUT2D eigenvalue weighted by molar-refractivity contribution is 6.30. The van der Waals surface area contributed by atoms with Crippen LogP contribution in [0.1, 0.15) is 30.4 Å². The van der Waals surface area contributed by atoms with Gasteiger partial charge in [0.15, 0.2) is 5.82 Å². The van der Waals surface area contributed by atoms with Crippen LogP contribution in [0.15, 0.2) is 42.7 Å². The Hall–Kier alpha value is -2.14.